The molecule has 0 spiro atoms. The summed E-state index contributed by atoms with van der Waals surface area (Å²) in [6.45, 7) is 0. The van der Waals surface area contributed by atoms with Crippen LogP contribution >= 0.6 is 23.2 Å². The summed E-state index contributed by atoms with van der Waals surface area (Å²) in [6.07, 6.45) is 0.704. The Morgan fingerprint density at radius 1 is 1.63 bits per heavy atom. The van der Waals surface area contributed by atoms with Crippen LogP contribution in [0.15, 0.2) is 11.2 Å². The van der Waals surface area contributed by atoms with Crippen LogP contribution in [-0.4, -0.2) is 29.3 Å². The normalized spacial score (nSPS) is 17.8. The van der Waals surface area contributed by atoms with Crippen molar-refractivity contribution >= 4 is 40.0 Å². The van der Waals surface area contributed by atoms with Gasteiger partial charge in [-0.3, -0.25) is 0 Å². The Kier molecular flexibility index (Phi) is 4.11. The van der Waals surface area contributed by atoms with E-state index in [9.17, 15) is 4.79 Å². The lowest BCUT2D eigenvalue weighted by molar-refractivity contribution is 0.0592. The van der Waals surface area contributed by atoms with Gasteiger partial charge < -0.3 is 15.3 Å². The van der Waals surface area contributed by atoms with E-state index in [0.29, 0.717) is 23.7 Å². The monoisotopic (exact) mass is 303 g/mol. The van der Waals surface area contributed by atoms with Crippen molar-refractivity contribution in [2.45, 2.75) is 18.9 Å². The molecule has 0 radical (unpaired) electrons. The van der Waals surface area contributed by atoms with Crippen LogP contribution < -0.4 is 5.73 Å². The number of carbonyl (C=O) groups is 1. The SMILES string of the molecule is COC(=O)c1nc(CC2CC(Cl)=NO2)cc(N)c1Cl. The number of halogens is 2. The summed E-state index contributed by atoms with van der Waals surface area (Å²) in [5.74, 6) is -0.639. The van der Waals surface area contributed by atoms with E-state index in [1.54, 1.807) is 6.07 Å². The maximum atomic E-state index is 11.5. The molecular weight excluding hydrogens is 293 g/mol. The van der Waals surface area contributed by atoms with Gasteiger partial charge in [0.2, 0.25) is 0 Å². The number of anilines is 1. The van der Waals surface area contributed by atoms with Gasteiger partial charge in [-0.05, 0) is 6.07 Å². The number of esters is 1. The van der Waals surface area contributed by atoms with Gasteiger partial charge in [-0.2, -0.15) is 0 Å². The van der Waals surface area contributed by atoms with Gasteiger partial charge in [0.25, 0.3) is 0 Å². The third-order valence-corrected chi connectivity index (χ3v) is 3.17. The number of nitrogens with two attached hydrogens (primary N) is 1. The topological polar surface area (TPSA) is 86.8 Å². The summed E-state index contributed by atoms with van der Waals surface area (Å²) in [5, 5.41) is 4.12. The van der Waals surface area contributed by atoms with E-state index in [1.165, 1.54) is 7.11 Å². The Hall–Kier alpha value is -1.53. The van der Waals surface area contributed by atoms with Gasteiger partial charge >= 0.3 is 5.97 Å². The predicted molar refractivity (Wildman–Crippen MR) is 71.5 cm³/mol. The first-order chi connectivity index (χ1) is 9.01. The first-order valence-electron chi connectivity index (χ1n) is 5.42. The number of carbonyl (C=O) groups excluding carboxylic acids is 1. The number of methoxy groups -OCH3 is 1. The number of aromatic nitrogens is 1. The molecule has 1 unspecified atom stereocenters. The zero-order valence-corrected chi connectivity index (χ0v) is 11.5. The molecule has 0 fully saturated rings. The summed E-state index contributed by atoms with van der Waals surface area (Å²) in [6, 6.07) is 1.59. The van der Waals surface area contributed by atoms with Gasteiger partial charge in [-0.15, -0.1) is 0 Å². The van der Waals surface area contributed by atoms with Crippen LogP contribution in [0.1, 0.15) is 22.6 Å². The van der Waals surface area contributed by atoms with Crippen LogP contribution in [0, 0.1) is 0 Å². The Balaban J connectivity index is 2.22. The molecule has 0 saturated carbocycles. The molecule has 0 aromatic carbocycles. The highest BCUT2D eigenvalue weighted by atomic mass is 35.5. The molecule has 1 aliphatic heterocycles. The van der Waals surface area contributed by atoms with Gasteiger partial charge in [-0.25, -0.2) is 9.78 Å². The molecule has 8 heteroatoms. The maximum absolute atomic E-state index is 11.5. The first kappa shape index (κ1) is 13.9. The maximum Gasteiger partial charge on any atom is 0.358 e. The van der Waals surface area contributed by atoms with E-state index >= 15 is 0 Å². The molecule has 1 aromatic rings. The lowest BCUT2D eigenvalue weighted by Crippen LogP contribution is -2.15. The van der Waals surface area contributed by atoms with Crippen molar-refractivity contribution in [3.8, 4) is 0 Å². The van der Waals surface area contributed by atoms with Crippen molar-refractivity contribution in [3.63, 3.8) is 0 Å². The van der Waals surface area contributed by atoms with Crippen molar-refractivity contribution in [1.29, 1.82) is 0 Å². The van der Waals surface area contributed by atoms with Crippen LogP contribution in [0.5, 0.6) is 0 Å². The van der Waals surface area contributed by atoms with Crippen LogP contribution in [0.25, 0.3) is 0 Å². The molecule has 2 rings (SSSR count). The summed E-state index contributed by atoms with van der Waals surface area (Å²) < 4.78 is 4.60. The Morgan fingerprint density at radius 3 is 2.95 bits per heavy atom. The van der Waals surface area contributed by atoms with E-state index in [-0.39, 0.29) is 22.5 Å². The van der Waals surface area contributed by atoms with E-state index in [0.717, 1.165) is 0 Å². The highest BCUT2D eigenvalue weighted by Crippen LogP contribution is 2.25. The number of rotatable bonds is 3. The molecule has 102 valence electrons. The number of oxime groups is 1. The molecule has 1 aliphatic rings. The van der Waals surface area contributed by atoms with E-state index in [2.05, 4.69) is 14.9 Å². The third kappa shape index (κ3) is 3.08. The van der Waals surface area contributed by atoms with E-state index in [4.69, 9.17) is 33.8 Å². The quantitative estimate of drug-likeness (QED) is 0.863. The largest absolute Gasteiger partial charge is 0.464 e. The first-order valence-corrected chi connectivity index (χ1v) is 6.18. The van der Waals surface area contributed by atoms with Gasteiger partial charge in [-0.1, -0.05) is 28.4 Å². The standard InChI is InChI=1S/C11H11Cl2N3O3/c1-18-11(17)10-9(13)7(14)3-5(15-10)2-6-4-8(12)16-19-6/h3,6H,2,4H2,1H3,(H2,14,15). The molecule has 0 aliphatic carbocycles. The summed E-state index contributed by atoms with van der Waals surface area (Å²) in [4.78, 5) is 20.8. The van der Waals surface area contributed by atoms with Crippen molar-refractivity contribution in [1.82, 2.24) is 4.98 Å². The van der Waals surface area contributed by atoms with Gasteiger partial charge in [0, 0.05) is 18.5 Å². The number of hydrogen-bond donors (Lipinski definition) is 1. The van der Waals surface area contributed by atoms with Crippen LogP contribution in [-0.2, 0) is 16.0 Å². The number of hydrogen-bond acceptors (Lipinski definition) is 6. The molecule has 6 nitrogen and oxygen atoms in total. The summed E-state index contributed by atoms with van der Waals surface area (Å²) in [7, 11) is 1.25. The number of nitrogens with zero attached hydrogens (tertiary/aromatic N) is 2. The van der Waals surface area contributed by atoms with E-state index < -0.39 is 5.97 Å². The van der Waals surface area contributed by atoms with Crippen molar-refractivity contribution < 1.29 is 14.4 Å². The van der Waals surface area contributed by atoms with E-state index in [1.807, 2.05) is 0 Å². The Bertz CT molecular complexity index is 548. The zero-order valence-electron chi connectivity index (χ0n) is 10.0. The molecule has 19 heavy (non-hydrogen) atoms. The minimum Gasteiger partial charge on any atom is -0.464 e. The molecule has 1 atom stereocenters. The average Bonchev–Trinajstić information content (AvgIpc) is 2.78. The smallest absolute Gasteiger partial charge is 0.358 e. The lowest BCUT2D eigenvalue weighted by atomic mass is 10.1. The fourth-order valence-corrected chi connectivity index (χ4v) is 2.06. The van der Waals surface area contributed by atoms with Gasteiger partial charge in [0.05, 0.1) is 17.8 Å². The Morgan fingerprint density at radius 2 is 2.37 bits per heavy atom. The summed E-state index contributed by atoms with van der Waals surface area (Å²) in [5.41, 5.74) is 6.56. The number of pyridine rings is 1. The van der Waals surface area contributed by atoms with Crippen molar-refractivity contribution in [2.24, 2.45) is 5.16 Å². The minimum atomic E-state index is -0.639. The number of ether oxygens (including phenoxy) is 1. The van der Waals surface area contributed by atoms with Crippen molar-refractivity contribution in [3.05, 3.63) is 22.5 Å². The second kappa shape index (κ2) is 5.63. The van der Waals surface area contributed by atoms with Crippen LogP contribution in [0.4, 0.5) is 5.69 Å². The highest BCUT2D eigenvalue weighted by molar-refractivity contribution is 6.65. The van der Waals surface area contributed by atoms with Crippen LogP contribution in [0.2, 0.25) is 5.02 Å². The zero-order chi connectivity index (χ0) is 14.0. The fraction of sp³-hybridized carbons (Fsp3) is 0.364. The van der Waals surface area contributed by atoms with Gasteiger partial charge in [0.15, 0.2) is 5.69 Å². The molecule has 1 aromatic heterocycles. The minimum absolute atomic E-state index is 0.0100. The molecule has 0 amide bonds. The second-order valence-electron chi connectivity index (χ2n) is 3.96. The fourth-order valence-electron chi connectivity index (χ4n) is 1.68. The number of nitrogen functional groups attached to an aromatic ring is 1. The van der Waals surface area contributed by atoms with Crippen LogP contribution in [0.3, 0.4) is 0 Å². The molecular formula is C11H11Cl2N3O3. The molecule has 0 bridgehead atoms. The molecule has 2 N–H and O–H groups in total. The summed E-state index contributed by atoms with van der Waals surface area (Å²) >= 11 is 11.6. The highest BCUT2D eigenvalue weighted by Gasteiger charge is 2.23. The van der Waals surface area contributed by atoms with Gasteiger partial charge in [0.1, 0.15) is 11.3 Å². The predicted octanol–water partition coefficient (Wildman–Crippen LogP) is 1.99. The lowest BCUT2D eigenvalue weighted by Gasteiger charge is -2.10. The second-order valence-corrected chi connectivity index (χ2v) is 4.77. The average molecular weight is 304 g/mol. The molecule has 2 heterocycles. The third-order valence-electron chi connectivity index (χ3n) is 2.55. The molecule has 0 saturated heterocycles. The Labute approximate surface area is 119 Å². The van der Waals surface area contributed by atoms with Crippen molar-refractivity contribution in [2.75, 3.05) is 12.8 Å².